The van der Waals surface area contributed by atoms with E-state index in [-0.39, 0.29) is 23.5 Å². The molecule has 1 atom stereocenters. The van der Waals surface area contributed by atoms with Gasteiger partial charge in [0.15, 0.2) is 0 Å². The van der Waals surface area contributed by atoms with Gasteiger partial charge in [-0.1, -0.05) is 23.9 Å². The van der Waals surface area contributed by atoms with Gasteiger partial charge in [0.05, 0.1) is 23.0 Å². The van der Waals surface area contributed by atoms with Crippen molar-refractivity contribution in [3.8, 4) is 0 Å². The van der Waals surface area contributed by atoms with Crippen LogP contribution in [0.5, 0.6) is 0 Å². The van der Waals surface area contributed by atoms with Crippen molar-refractivity contribution in [3.05, 3.63) is 41.2 Å². The quantitative estimate of drug-likeness (QED) is 0.796. The zero-order valence-electron chi connectivity index (χ0n) is 12.3. The largest absolute Gasteiger partial charge is 0.494 e. The molecule has 1 amide bonds. The van der Waals surface area contributed by atoms with E-state index in [1.54, 1.807) is 31.2 Å². The van der Waals surface area contributed by atoms with Gasteiger partial charge in [0.2, 0.25) is 5.12 Å². The third kappa shape index (κ3) is 2.33. The van der Waals surface area contributed by atoms with Gasteiger partial charge in [-0.05, 0) is 26.0 Å². The molecule has 22 heavy (non-hydrogen) atoms. The molecule has 1 aromatic carbocycles. The maximum atomic E-state index is 12.0. The molecule has 0 saturated carbocycles. The van der Waals surface area contributed by atoms with Crippen LogP contribution in [0.1, 0.15) is 24.2 Å². The molecule has 2 aliphatic rings. The molecular formula is C16H15NO4S. The lowest BCUT2D eigenvalue weighted by atomic mass is 10.1. The van der Waals surface area contributed by atoms with Crippen molar-refractivity contribution in [2.24, 2.45) is 0 Å². The molecule has 0 bridgehead atoms. The second-order valence-electron chi connectivity index (χ2n) is 5.19. The Labute approximate surface area is 132 Å². The van der Waals surface area contributed by atoms with E-state index in [1.165, 1.54) is 16.7 Å². The summed E-state index contributed by atoms with van der Waals surface area (Å²) < 4.78 is 5.69. The number of benzene rings is 1. The van der Waals surface area contributed by atoms with E-state index in [0.717, 1.165) is 0 Å². The van der Waals surface area contributed by atoms with E-state index in [1.807, 2.05) is 6.92 Å². The topological polar surface area (TPSA) is 63.7 Å². The third-order valence-electron chi connectivity index (χ3n) is 3.78. The van der Waals surface area contributed by atoms with Crippen molar-refractivity contribution >= 4 is 34.3 Å². The molecular weight excluding hydrogens is 302 g/mol. The highest BCUT2D eigenvalue weighted by molar-refractivity contribution is 8.15. The first kappa shape index (κ1) is 14.8. The van der Waals surface area contributed by atoms with E-state index >= 15 is 0 Å². The van der Waals surface area contributed by atoms with Gasteiger partial charge in [-0.15, -0.1) is 0 Å². The summed E-state index contributed by atoms with van der Waals surface area (Å²) in [4.78, 5) is 36.9. The number of rotatable bonds is 4. The molecule has 1 aromatic rings. The number of carbonyl (C=O) groups is 3. The highest BCUT2D eigenvalue weighted by atomic mass is 32.2. The van der Waals surface area contributed by atoms with Gasteiger partial charge < -0.3 is 9.64 Å². The van der Waals surface area contributed by atoms with Crippen LogP contribution in [0.2, 0.25) is 0 Å². The summed E-state index contributed by atoms with van der Waals surface area (Å²) >= 11 is 1.24. The fourth-order valence-corrected chi connectivity index (χ4v) is 3.60. The molecule has 0 saturated heterocycles. The van der Waals surface area contributed by atoms with Gasteiger partial charge in [-0.3, -0.25) is 14.4 Å². The number of Topliss-reactive ketones (excluding diaryl/α,β-unsaturated/α-hetero) is 1. The van der Waals surface area contributed by atoms with Crippen molar-refractivity contribution in [2.45, 2.75) is 19.1 Å². The number of ketones is 1. The molecule has 0 N–H and O–H groups in total. The Hall–Kier alpha value is -2.08. The molecule has 0 aliphatic carbocycles. The van der Waals surface area contributed by atoms with Crippen LogP contribution in [0, 0.1) is 0 Å². The van der Waals surface area contributed by atoms with Gasteiger partial charge in [0.25, 0.3) is 11.7 Å². The molecule has 114 valence electrons. The number of anilines is 1. The first-order valence-corrected chi connectivity index (χ1v) is 7.88. The first-order valence-electron chi connectivity index (χ1n) is 7.00. The Kier molecular flexibility index (Phi) is 3.78. The van der Waals surface area contributed by atoms with Crippen LogP contribution in [0.3, 0.4) is 0 Å². The number of hydrogen-bond acceptors (Lipinski definition) is 5. The number of fused-ring (bicyclic) bond motifs is 1. The van der Waals surface area contributed by atoms with Gasteiger partial charge in [0.1, 0.15) is 12.4 Å². The average molecular weight is 317 g/mol. The molecule has 2 heterocycles. The summed E-state index contributed by atoms with van der Waals surface area (Å²) in [6.07, 6.45) is 0. The fourth-order valence-electron chi connectivity index (χ4n) is 2.65. The molecule has 1 unspecified atom stereocenters. The van der Waals surface area contributed by atoms with E-state index in [2.05, 4.69) is 0 Å². The van der Waals surface area contributed by atoms with Crippen LogP contribution in [0.15, 0.2) is 35.6 Å². The average Bonchev–Trinajstić information content (AvgIpc) is 2.89. The van der Waals surface area contributed by atoms with Gasteiger partial charge in [0, 0.05) is 5.57 Å². The summed E-state index contributed by atoms with van der Waals surface area (Å²) in [6, 6.07) is 6.93. The van der Waals surface area contributed by atoms with E-state index in [9.17, 15) is 14.4 Å². The lowest BCUT2D eigenvalue weighted by Gasteiger charge is -2.18. The van der Waals surface area contributed by atoms with Crippen molar-refractivity contribution in [2.75, 3.05) is 18.1 Å². The number of ether oxygens (including phenoxy) is 1. The second-order valence-corrected chi connectivity index (χ2v) is 6.50. The monoisotopic (exact) mass is 317 g/mol. The number of hydrogen-bond donors (Lipinski definition) is 0. The minimum Gasteiger partial charge on any atom is -0.494 e. The number of para-hydroxylation sites is 1. The standard InChI is InChI=1S/C16H15NO4S/c1-9-14(10(2)22-16(9)20)21-8-7-17-12-6-4-3-5-11(12)13(18)15(17)19/h3-6,10H,7-8H2,1-2H3. The fraction of sp³-hybridized carbons (Fsp3) is 0.312. The molecule has 0 spiro atoms. The zero-order valence-corrected chi connectivity index (χ0v) is 13.1. The smallest absolute Gasteiger partial charge is 0.299 e. The number of thioether (sulfide) groups is 1. The normalized spacial score (nSPS) is 20.9. The van der Waals surface area contributed by atoms with Crippen molar-refractivity contribution in [3.63, 3.8) is 0 Å². The molecule has 0 fully saturated rings. The van der Waals surface area contributed by atoms with E-state index in [4.69, 9.17) is 4.74 Å². The molecule has 2 aliphatic heterocycles. The minimum absolute atomic E-state index is 0.00398. The summed E-state index contributed by atoms with van der Waals surface area (Å²) in [5.41, 5.74) is 1.68. The highest BCUT2D eigenvalue weighted by Crippen LogP contribution is 2.34. The van der Waals surface area contributed by atoms with Crippen molar-refractivity contribution < 1.29 is 19.1 Å². The maximum absolute atomic E-state index is 12.0. The SMILES string of the molecule is CC1=C(OCCN2C(=O)C(=O)c3ccccc32)C(C)SC1=O. The van der Waals surface area contributed by atoms with Crippen LogP contribution in [-0.4, -0.2) is 35.2 Å². The molecule has 5 nitrogen and oxygen atoms in total. The van der Waals surface area contributed by atoms with Gasteiger partial charge in [-0.25, -0.2) is 0 Å². The summed E-state index contributed by atoms with van der Waals surface area (Å²) in [5, 5.41) is 0.0240. The lowest BCUT2D eigenvalue weighted by molar-refractivity contribution is -0.114. The van der Waals surface area contributed by atoms with Gasteiger partial charge >= 0.3 is 0 Å². The zero-order chi connectivity index (χ0) is 15.9. The molecule has 6 heteroatoms. The Morgan fingerprint density at radius 1 is 1.23 bits per heavy atom. The third-order valence-corrected chi connectivity index (χ3v) is 4.87. The Morgan fingerprint density at radius 3 is 2.64 bits per heavy atom. The Balaban J connectivity index is 1.69. The van der Waals surface area contributed by atoms with E-state index in [0.29, 0.717) is 22.6 Å². The Morgan fingerprint density at radius 2 is 1.95 bits per heavy atom. The van der Waals surface area contributed by atoms with Crippen LogP contribution >= 0.6 is 11.8 Å². The van der Waals surface area contributed by atoms with Crippen LogP contribution in [0.25, 0.3) is 0 Å². The molecule has 0 radical (unpaired) electrons. The van der Waals surface area contributed by atoms with Gasteiger partial charge in [-0.2, -0.15) is 0 Å². The number of amides is 1. The highest BCUT2D eigenvalue weighted by Gasteiger charge is 2.35. The van der Waals surface area contributed by atoms with Crippen molar-refractivity contribution in [1.29, 1.82) is 0 Å². The predicted octanol–water partition coefficient (Wildman–Crippen LogP) is 2.17. The summed E-state index contributed by atoms with van der Waals surface area (Å²) in [5.74, 6) is -0.340. The van der Waals surface area contributed by atoms with Crippen molar-refractivity contribution in [1.82, 2.24) is 0 Å². The van der Waals surface area contributed by atoms with Crippen LogP contribution < -0.4 is 4.90 Å². The van der Waals surface area contributed by atoms with Crippen LogP contribution in [-0.2, 0) is 14.3 Å². The second kappa shape index (κ2) is 5.61. The Bertz CT molecular complexity index is 710. The number of nitrogens with zero attached hydrogens (tertiary/aromatic N) is 1. The van der Waals surface area contributed by atoms with Crippen LogP contribution in [0.4, 0.5) is 5.69 Å². The summed E-state index contributed by atoms with van der Waals surface area (Å²) in [6.45, 7) is 4.18. The molecule has 0 aromatic heterocycles. The maximum Gasteiger partial charge on any atom is 0.299 e. The molecule has 3 rings (SSSR count). The number of carbonyl (C=O) groups excluding carboxylic acids is 3. The predicted molar refractivity (Wildman–Crippen MR) is 83.8 cm³/mol. The summed E-state index contributed by atoms with van der Waals surface area (Å²) in [7, 11) is 0. The van der Waals surface area contributed by atoms with E-state index < -0.39 is 11.7 Å². The minimum atomic E-state index is -0.527. The lowest BCUT2D eigenvalue weighted by Crippen LogP contribution is -2.33. The first-order chi connectivity index (χ1) is 10.5.